The number of nitrogens with zero attached hydrogens (tertiary/aromatic N) is 2. The van der Waals surface area contributed by atoms with Gasteiger partial charge in [0.2, 0.25) is 11.8 Å². The van der Waals surface area contributed by atoms with Crippen LogP contribution in [-0.4, -0.2) is 29.3 Å². The van der Waals surface area contributed by atoms with E-state index in [0.29, 0.717) is 30.3 Å². The van der Waals surface area contributed by atoms with Crippen LogP contribution in [0, 0.1) is 25.2 Å². The molecule has 4 bridgehead atoms. The van der Waals surface area contributed by atoms with Crippen molar-refractivity contribution in [2.75, 3.05) is 17.9 Å². The van der Waals surface area contributed by atoms with Crippen LogP contribution in [0.2, 0.25) is 0 Å². The lowest BCUT2D eigenvalue weighted by molar-refractivity contribution is 0.0520. The van der Waals surface area contributed by atoms with Gasteiger partial charge in [-0.15, -0.1) is 0 Å². The quantitative estimate of drug-likeness (QED) is 0.331. The van der Waals surface area contributed by atoms with Crippen molar-refractivity contribution in [3.63, 3.8) is 0 Å². The number of nitrogens with one attached hydrogen (secondary N) is 1. The predicted molar refractivity (Wildman–Crippen MR) is 154 cm³/mol. The van der Waals surface area contributed by atoms with Crippen molar-refractivity contribution < 1.29 is 9.47 Å². The molecule has 2 heterocycles. The van der Waals surface area contributed by atoms with Crippen LogP contribution in [0.15, 0.2) is 53.4 Å². The molecule has 0 radical (unpaired) electrons. The number of fused-ring (bicyclic) bond motifs is 4. The van der Waals surface area contributed by atoms with Crippen LogP contribution in [0.25, 0.3) is 11.3 Å². The van der Waals surface area contributed by atoms with Crippen LogP contribution in [0.4, 0.5) is 5.95 Å². The van der Waals surface area contributed by atoms with Gasteiger partial charge >= 0.3 is 0 Å². The van der Waals surface area contributed by atoms with Crippen molar-refractivity contribution in [3.05, 3.63) is 65.2 Å². The van der Waals surface area contributed by atoms with E-state index in [0.717, 1.165) is 35.6 Å². The van der Waals surface area contributed by atoms with E-state index in [-0.39, 0.29) is 11.5 Å². The van der Waals surface area contributed by atoms with Gasteiger partial charge in [0.15, 0.2) is 0 Å². The second-order valence-electron chi connectivity index (χ2n) is 11.4. The molecular weight excluding hydrogens is 478 g/mol. The van der Waals surface area contributed by atoms with E-state index in [9.17, 15) is 0 Å². The van der Waals surface area contributed by atoms with E-state index >= 15 is 0 Å². The zero-order valence-corrected chi connectivity index (χ0v) is 24.1. The first kappa shape index (κ1) is 27.5. The molecule has 5 nitrogen and oxygen atoms in total. The summed E-state index contributed by atoms with van der Waals surface area (Å²) in [6, 6.07) is 17.2. The van der Waals surface area contributed by atoms with E-state index in [1.54, 1.807) is 11.9 Å². The number of aromatic nitrogens is 2. The van der Waals surface area contributed by atoms with Crippen molar-refractivity contribution in [2.24, 2.45) is 11.3 Å². The molecule has 0 spiro atoms. The highest BCUT2D eigenvalue weighted by molar-refractivity contribution is 8.00. The molecular formula is C31H41N3O2S. The first-order valence-corrected chi connectivity index (χ1v) is 14.2. The molecule has 0 saturated carbocycles. The minimum atomic E-state index is 0.159. The Morgan fingerprint density at radius 1 is 1.08 bits per heavy atom. The molecule has 37 heavy (non-hydrogen) atoms. The lowest BCUT2D eigenvalue weighted by Gasteiger charge is -2.34. The molecule has 3 unspecified atom stereocenters. The van der Waals surface area contributed by atoms with Gasteiger partial charge in [0.25, 0.3) is 0 Å². The van der Waals surface area contributed by atoms with Crippen molar-refractivity contribution >= 4 is 17.9 Å². The highest BCUT2D eigenvalue weighted by Gasteiger charge is 2.31. The number of rotatable bonds is 6. The molecule has 1 aliphatic heterocycles. The van der Waals surface area contributed by atoms with Crippen molar-refractivity contribution in [2.45, 2.75) is 78.2 Å². The standard InChI is InChI=1S/C31H41N3O2S/c1-8-35-22(4)15-26-23-13-10-14-25(16-23)37-34-30-32-27(29-20(2)11-9-12-21(29)3)17-28(33-30)36-19-24(26)18-31(5,6)7/h9-14,16-17,22,24,26H,8,15,18-19H2,1-7H3,(H,32,33,34). The number of hydrogen-bond acceptors (Lipinski definition) is 6. The van der Waals surface area contributed by atoms with Gasteiger partial charge in [-0.1, -0.05) is 51.1 Å². The number of hydrogen-bond donors (Lipinski definition) is 1. The van der Waals surface area contributed by atoms with Crippen LogP contribution in [-0.2, 0) is 4.74 Å². The molecule has 0 saturated heterocycles. The van der Waals surface area contributed by atoms with Crippen molar-refractivity contribution in [3.8, 4) is 17.1 Å². The Balaban J connectivity index is 1.78. The molecule has 2 aromatic carbocycles. The van der Waals surface area contributed by atoms with Gasteiger partial charge < -0.3 is 9.47 Å². The van der Waals surface area contributed by atoms with E-state index in [1.807, 2.05) is 6.07 Å². The van der Waals surface area contributed by atoms with Crippen LogP contribution >= 0.6 is 11.9 Å². The molecule has 3 aromatic rings. The Kier molecular flexibility index (Phi) is 8.81. The lowest BCUT2D eigenvalue weighted by Crippen LogP contribution is -2.28. The van der Waals surface area contributed by atoms with Crippen LogP contribution in [0.1, 0.15) is 70.1 Å². The average molecular weight is 520 g/mol. The van der Waals surface area contributed by atoms with E-state index < -0.39 is 0 Å². The van der Waals surface area contributed by atoms with E-state index in [2.05, 4.69) is 95.7 Å². The minimum Gasteiger partial charge on any atom is -0.477 e. The second kappa shape index (κ2) is 11.9. The maximum atomic E-state index is 6.52. The number of anilines is 1. The largest absolute Gasteiger partial charge is 0.477 e. The zero-order valence-electron chi connectivity index (χ0n) is 23.3. The van der Waals surface area contributed by atoms with Crippen molar-refractivity contribution in [1.29, 1.82) is 0 Å². The SMILES string of the molecule is CCOC(C)CC1c2cccc(c2)SNc2nc(cc(-c3c(C)cccc3C)n2)OCC1CC(C)(C)C. The normalized spacial score (nSPS) is 18.7. The first-order valence-electron chi connectivity index (χ1n) is 13.4. The summed E-state index contributed by atoms with van der Waals surface area (Å²) in [6.07, 6.45) is 2.15. The maximum absolute atomic E-state index is 6.52. The summed E-state index contributed by atoms with van der Waals surface area (Å²) in [6.45, 7) is 16.7. The molecule has 1 aliphatic rings. The third-order valence-corrected chi connectivity index (χ3v) is 7.69. The minimum absolute atomic E-state index is 0.159. The molecule has 1 aromatic heterocycles. The molecule has 0 aliphatic carbocycles. The third kappa shape index (κ3) is 7.26. The molecule has 6 heteroatoms. The predicted octanol–water partition coefficient (Wildman–Crippen LogP) is 8.22. The Morgan fingerprint density at radius 3 is 2.51 bits per heavy atom. The second-order valence-corrected chi connectivity index (χ2v) is 12.3. The summed E-state index contributed by atoms with van der Waals surface area (Å²) in [7, 11) is 0. The Bertz CT molecular complexity index is 1190. The molecule has 3 atom stereocenters. The van der Waals surface area contributed by atoms with E-state index in [4.69, 9.17) is 19.4 Å². The van der Waals surface area contributed by atoms with Gasteiger partial charge in [0.05, 0.1) is 18.4 Å². The van der Waals surface area contributed by atoms with Crippen LogP contribution < -0.4 is 9.46 Å². The zero-order chi connectivity index (χ0) is 26.6. The van der Waals surface area contributed by atoms with Gasteiger partial charge in [-0.3, -0.25) is 4.72 Å². The maximum Gasteiger partial charge on any atom is 0.237 e. The summed E-state index contributed by atoms with van der Waals surface area (Å²) in [4.78, 5) is 10.8. The van der Waals surface area contributed by atoms with Gasteiger partial charge in [0.1, 0.15) is 0 Å². The third-order valence-electron chi connectivity index (χ3n) is 6.91. The Labute approximate surface area is 226 Å². The fraction of sp³-hybridized carbons (Fsp3) is 0.484. The van der Waals surface area contributed by atoms with Gasteiger partial charge in [-0.05, 0) is 92.6 Å². The summed E-state index contributed by atoms with van der Waals surface area (Å²) >= 11 is 1.54. The lowest BCUT2D eigenvalue weighted by atomic mass is 9.74. The van der Waals surface area contributed by atoms with Crippen LogP contribution in [0.3, 0.4) is 0 Å². The summed E-state index contributed by atoms with van der Waals surface area (Å²) < 4.78 is 15.9. The van der Waals surface area contributed by atoms with Gasteiger partial charge in [0, 0.05) is 29.1 Å². The number of benzene rings is 2. The molecule has 0 amide bonds. The van der Waals surface area contributed by atoms with Crippen LogP contribution in [0.5, 0.6) is 5.88 Å². The van der Waals surface area contributed by atoms with Gasteiger partial charge in [-0.25, -0.2) is 4.98 Å². The molecule has 4 rings (SSSR count). The topological polar surface area (TPSA) is 56.3 Å². The fourth-order valence-corrected chi connectivity index (χ4v) is 6.05. The van der Waals surface area contributed by atoms with Gasteiger partial charge in [-0.2, -0.15) is 4.98 Å². The van der Waals surface area contributed by atoms with E-state index in [1.165, 1.54) is 16.7 Å². The highest BCUT2D eigenvalue weighted by atomic mass is 32.2. The smallest absolute Gasteiger partial charge is 0.237 e. The first-order chi connectivity index (χ1) is 17.6. The average Bonchev–Trinajstić information content (AvgIpc) is 2.83. The Hall–Kier alpha value is -2.57. The monoisotopic (exact) mass is 519 g/mol. The summed E-state index contributed by atoms with van der Waals surface area (Å²) in [5.41, 5.74) is 5.87. The molecule has 198 valence electrons. The highest BCUT2D eigenvalue weighted by Crippen LogP contribution is 2.40. The number of ether oxygens (including phenoxy) is 2. The summed E-state index contributed by atoms with van der Waals surface area (Å²) in [5.74, 6) is 1.77. The molecule has 1 N–H and O–H groups in total. The van der Waals surface area contributed by atoms with Crippen molar-refractivity contribution in [1.82, 2.24) is 9.97 Å². The summed E-state index contributed by atoms with van der Waals surface area (Å²) in [5, 5.41) is 0. The number of aryl methyl sites for hydroxylation is 2. The Morgan fingerprint density at radius 2 is 1.81 bits per heavy atom. The molecule has 0 fully saturated rings. The fourth-order valence-electron chi connectivity index (χ4n) is 5.41.